The van der Waals surface area contributed by atoms with Crippen LogP contribution in [0.4, 0.5) is 0 Å². The van der Waals surface area contributed by atoms with E-state index in [1.807, 2.05) is 37.3 Å². The Morgan fingerprint density at radius 1 is 1.36 bits per heavy atom. The van der Waals surface area contributed by atoms with E-state index in [2.05, 4.69) is 5.32 Å². The van der Waals surface area contributed by atoms with Gasteiger partial charge in [0, 0.05) is 19.0 Å². The van der Waals surface area contributed by atoms with E-state index in [1.54, 1.807) is 0 Å². The van der Waals surface area contributed by atoms with Gasteiger partial charge in [-0.25, -0.2) is 0 Å². The molecular weight excluding hydrogens is 174 g/mol. The molecule has 0 aromatic heterocycles. The van der Waals surface area contributed by atoms with Crippen molar-refractivity contribution in [3.05, 3.63) is 35.9 Å². The highest BCUT2D eigenvalue weighted by Crippen LogP contribution is 2.34. The fourth-order valence-corrected chi connectivity index (χ4v) is 2.08. The average Bonchev–Trinajstić information content (AvgIpc) is 2.16. The summed E-state index contributed by atoms with van der Waals surface area (Å²) in [6.07, 6.45) is 0.781. The quantitative estimate of drug-likeness (QED) is 0.759. The number of aliphatic hydroxyl groups is 1. The summed E-state index contributed by atoms with van der Waals surface area (Å²) in [4.78, 5) is 0. The van der Waals surface area contributed by atoms with Crippen LogP contribution in [0.3, 0.4) is 0 Å². The summed E-state index contributed by atoms with van der Waals surface area (Å²) in [5, 5.41) is 13.8. The molecule has 2 N–H and O–H groups in total. The fraction of sp³-hybridized carbons (Fsp3) is 0.500. The molecule has 1 atom stereocenters. The van der Waals surface area contributed by atoms with Gasteiger partial charge < -0.3 is 10.4 Å². The second kappa shape index (κ2) is 3.71. The van der Waals surface area contributed by atoms with Crippen molar-refractivity contribution in [2.45, 2.75) is 18.9 Å². The minimum atomic E-state index is -0.632. The van der Waals surface area contributed by atoms with Crippen LogP contribution in [0.5, 0.6) is 0 Å². The predicted molar refractivity (Wildman–Crippen MR) is 57.0 cm³/mol. The molecule has 0 radical (unpaired) electrons. The molecule has 0 spiro atoms. The maximum Gasteiger partial charge on any atom is 0.0946 e. The van der Waals surface area contributed by atoms with Crippen molar-refractivity contribution < 1.29 is 5.11 Å². The van der Waals surface area contributed by atoms with E-state index in [4.69, 9.17) is 0 Å². The topological polar surface area (TPSA) is 32.3 Å². The van der Waals surface area contributed by atoms with Crippen molar-refractivity contribution in [1.82, 2.24) is 5.32 Å². The summed E-state index contributed by atoms with van der Waals surface area (Å²) in [7, 11) is 0. The van der Waals surface area contributed by atoms with Crippen LogP contribution in [-0.4, -0.2) is 18.2 Å². The summed E-state index contributed by atoms with van der Waals surface area (Å²) in [6.45, 7) is 3.91. The molecule has 0 bridgehead atoms. The molecule has 1 aromatic carbocycles. The number of rotatable bonds is 3. The summed E-state index contributed by atoms with van der Waals surface area (Å²) < 4.78 is 0. The van der Waals surface area contributed by atoms with E-state index in [1.165, 1.54) is 0 Å². The summed E-state index contributed by atoms with van der Waals surface area (Å²) in [6, 6.07) is 9.99. The molecule has 2 rings (SSSR count). The van der Waals surface area contributed by atoms with Gasteiger partial charge in [0.1, 0.15) is 0 Å². The first-order valence-corrected chi connectivity index (χ1v) is 5.26. The van der Waals surface area contributed by atoms with Crippen LogP contribution in [0, 0.1) is 5.92 Å². The molecular formula is C12H17NO. The summed E-state index contributed by atoms with van der Waals surface area (Å²) >= 11 is 0. The molecule has 1 unspecified atom stereocenters. The zero-order chi connectivity index (χ0) is 10.0. The molecule has 2 heteroatoms. The number of benzene rings is 1. The molecule has 14 heavy (non-hydrogen) atoms. The Bertz CT molecular complexity index is 294. The Labute approximate surface area is 85.0 Å². The monoisotopic (exact) mass is 191 g/mol. The van der Waals surface area contributed by atoms with E-state index in [0.717, 1.165) is 25.1 Å². The number of hydrogen-bond donors (Lipinski definition) is 2. The predicted octanol–water partition coefficient (Wildman–Crippen LogP) is 1.50. The van der Waals surface area contributed by atoms with Gasteiger partial charge in [0.15, 0.2) is 0 Å². The Morgan fingerprint density at radius 3 is 2.43 bits per heavy atom. The van der Waals surface area contributed by atoms with Crippen LogP contribution >= 0.6 is 0 Å². The number of hydrogen-bond acceptors (Lipinski definition) is 2. The fourth-order valence-electron chi connectivity index (χ4n) is 2.08. The van der Waals surface area contributed by atoms with E-state index in [9.17, 15) is 5.11 Å². The van der Waals surface area contributed by atoms with Gasteiger partial charge in [-0.1, -0.05) is 37.3 Å². The van der Waals surface area contributed by atoms with Gasteiger partial charge in [0.25, 0.3) is 0 Å². The third-order valence-corrected chi connectivity index (χ3v) is 3.27. The molecule has 2 nitrogen and oxygen atoms in total. The van der Waals surface area contributed by atoms with Gasteiger partial charge in [-0.2, -0.15) is 0 Å². The number of nitrogens with one attached hydrogen (secondary N) is 1. The van der Waals surface area contributed by atoms with Gasteiger partial charge in [-0.3, -0.25) is 0 Å². The van der Waals surface area contributed by atoms with Crippen LogP contribution in [0.1, 0.15) is 18.9 Å². The van der Waals surface area contributed by atoms with Crippen LogP contribution in [0.2, 0.25) is 0 Å². The third-order valence-electron chi connectivity index (χ3n) is 3.27. The van der Waals surface area contributed by atoms with Crippen molar-refractivity contribution >= 4 is 0 Å². The highest BCUT2D eigenvalue weighted by atomic mass is 16.3. The first kappa shape index (κ1) is 9.69. The molecule has 1 aliphatic heterocycles. The van der Waals surface area contributed by atoms with Crippen molar-refractivity contribution in [3.63, 3.8) is 0 Å². The first-order valence-electron chi connectivity index (χ1n) is 5.26. The van der Waals surface area contributed by atoms with Gasteiger partial charge in [-0.05, 0) is 12.0 Å². The van der Waals surface area contributed by atoms with Gasteiger partial charge in [-0.15, -0.1) is 0 Å². The van der Waals surface area contributed by atoms with Gasteiger partial charge in [0.05, 0.1) is 5.60 Å². The molecule has 1 saturated heterocycles. The Hall–Kier alpha value is -0.860. The second-order valence-corrected chi connectivity index (χ2v) is 4.00. The van der Waals surface area contributed by atoms with Crippen LogP contribution < -0.4 is 5.32 Å². The zero-order valence-corrected chi connectivity index (χ0v) is 8.53. The van der Waals surface area contributed by atoms with E-state index >= 15 is 0 Å². The first-order chi connectivity index (χ1) is 6.77. The van der Waals surface area contributed by atoms with E-state index in [0.29, 0.717) is 5.92 Å². The minimum Gasteiger partial charge on any atom is -0.385 e. The van der Waals surface area contributed by atoms with Gasteiger partial charge >= 0.3 is 0 Å². The highest BCUT2D eigenvalue weighted by Gasteiger charge is 2.39. The Morgan fingerprint density at radius 2 is 2.00 bits per heavy atom. The van der Waals surface area contributed by atoms with E-state index < -0.39 is 5.60 Å². The molecule has 1 heterocycles. The molecule has 0 aliphatic carbocycles. The maximum atomic E-state index is 10.6. The lowest BCUT2D eigenvalue weighted by atomic mass is 9.76. The molecule has 1 aliphatic rings. The molecule has 76 valence electrons. The lowest BCUT2D eigenvalue weighted by Gasteiger charge is -2.42. The standard InChI is InChI=1S/C12H17NO/c1-2-12(14,11-8-13-9-11)10-6-4-3-5-7-10/h3-7,11,13-14H,2,8-9H2,1H3. The average molecular weight is 191 g/mol. The minimum absolute atomic E-state index is 0.370. The van der Waals surface area contributed by atoms with Crippen molar-refractivity contribution in [2.75, 3.05) is 13.1 Å². The van der Waals surface area contributed by atoms with E-state index in [-0.39, 0.29) is 0 Å². The SMILES string of the molecule is CCC(O)(c1ccccc1)C1CNC1. The molecule has 0 saturated carbocycles. The van der Waals surface area contributed by atoms with Crippen LogP contribution in [0.25, 0.3) is 0 Å². The molecule has 1 fully saturated rings. The second-order valence-electron chi connectivity index (χ2n) is 4.00. The summed E-state index contributed by atoms with van der Waals surface area (Å²) in [5.41, 5.74) is 0.418. The Kier molecular flexibility index (Phi) is 2.57. The highest BCUT2D eigenvalue weighted by molar-refractivity contribution is 5.24. The molecule has 1 aromatic rings. The largest absolute Gasteiger partial charge is 0.385 e. The van der Waals surface area contributed by atoms with Crippen molar-refractivity contribution in [1.29, 1.82) is 0 Å². The normalized spacial score (nSPS) is 21.3. The van der Waals surface area contributed by atoms with Gasteiger partial charge in [0.2, 0.25) is 0 Å². The van der Waals surface area contributed by atoms with Crippen molar-refractivity contribution in [2.24, 2.45) is 5.92 Å². The summed E-state index contributed by atoms with van der Waals surface area (Å²) in [5.74, 6) is 0.370. The third kappa shape index (κ3) is 1.45. The van der Waals surface area contributed by atoms with Crippen LogP contribution in [0.15, 0.2) is 30.3 Å². The van der Waals surface area contributed by atoms with Crippen molar-refractivity contribution in [3.8, 4) is 0 Å². The van der Waals surface area contributed by atoms with Crippen LogP contribution in [-0.2, 0) is 5.60 Å². The zero-order valence-electron chi connectivity index (χ0n) is 8.53. The molecule has 0 amide bonds. The Balaban J connectivity index is 2.27. The lowest BCUT2D eigenvalue weighted by Crippen LogP contribution is -2.53. The smallest absolute Gasteiger partial charge is 0.0946 e. The lowest BCUT2D eigenvalue weighted by molar-refractivity contribution is -0.0482. The maximum absolute atomic E-state index is 10.6.